The highest BCUT2D eigenvalue weighted by molar-refractivity contribution is 14.1. The third-order valence-electron chi connectivity index (χ3n) is 5.38. The second-order valence-corrected chi connectivity index (χ2v) is 10.5. The Hall–Kier alpha value is -1.65. The molecule has 4 aromatic carbocycles. The van der Waals surface area contributed by atoms with E-state index in [-0.39, 0.29) is 0 Å². The van der Waals surface area contributed by atoms with Crippen molar-refractivity contribution in [3.05, 3.63) is 72.4 Å². The summed E-state index contributed by atoms with van der Waals surface area (Å²) in [6, 6.07) is 19.5. The van der Waals surface area contributed by atoms with E-state index in [0.717, 1.165) is 37.8 Å². The van der Waals surface area contributed by atoms with Gasteiger partial charge in [0.25, 0.3) is 0 Å². The number of hydrogen-bond donors (Lipinski definition) is 2. The molecule has 0 bridgehead atoms. The SMILES string of the molecule is Brc1ccc2[nH]cc(-c3nc4c5ccc(I)cc5c5cc(I)ccc5c4[nH]3)c2c1. The zero-order chi connectivity index (χ0) is 19.7. The van der Waals surface area contributed by atoms with E-state index in [2.05, 4.69) is 120 Å². The molecule has 0 amide bonds. The lowest BCUT2D eigenvalue weighted by Gasteiger charge is -2.07. The first-order valence-electron chi connectivity index (χ1n) is 9.06. The second-order valence-electron chi connectivity index (χ2n) is 7.08. The lowest BCUT2D eigenvalue weighted by Crippen LogP contribution is -1.84. The quantitative estimate of drug-likeness (QED) is 0.136. The fourth-order valence-electron chi connectivity index (χ4n) is 4.08. The second kappa shape index (κ2) is 6.68. The number of hydrogen-bond acceptors (Lipinski definition) is 1. The predicted molar refractivity (Wildman–Crippen MR) is 142 cm³/mol. The van der Waals surface area contributed by atoms with Gasteiger partial charge in [-0.1, -0.05) is 28.1 Å². The molecule has 29 heavy (non-hydrogen) atoms. The van der Waals surface area contributed by atoms with Gasteiger partial charge in [-0.15, -0.1) is 0 Å². The molecule has 0 aliphatic heterocycles. The summed E-state index contributed by atoms with van der Waals surface area (Å²) in [5.74, 6) is 0.884. The van der Waals surface area contributed by atoms with Crippen LogP contribution < -0.4 is 0 Å². The van der Waals surface area contributed by atoms with E-state index in [9.17, 15) is 0 Å². The Bertz CT molecular complexity index is 1520. The van der Waals surface area contributed by atoms with Crippen molar-refractivity contribution in [3.63, 3.8) is 0 Å². The van der Waals surface area contributed by atoms with Gasteiger partial charge in [0.2, 0.25) is 0 Å². The monoisotopic (exact) mass is 663 g/mol. The van der Waals surface area contributed by atoms with Crippen LogP contribution in [0.3, 0.4) is 0 Å². The Morgan fingerprint density at radius 3 is 2.28 bits per heavy atom. The van der Waals surface area contributed by atoms with Crippen LogP contribution in [0.2, 0.25) is 0 Å². The number of rotatable bonds is 1. The van der Waals surface area contributed by atoms with Crippen molar-refractivity contribution in [3.8, 4) is 11.4 Å². The van der Waals surface area contributed by atoms with Gasteiger partial charge < -0.3 is 9.97 Å². The summed E-state index contributed by atoms with van der Waals surface area (Å²) >= 11 is 8.35. The van der Waals surface area contributed by atoms with Crippen LogP contribution in [0.4, 0.5) is 0 Å². The number of aromatic nitrogens is 3. The summed E-state index contributed by atoms with van der Waals surface area (Å²) in [5, 5.41) is 6.04. The summed E-state index contributed by atoms with van der Waals surface area (Å²) < 4.78 is 3.52. The molecule has 3 nitrogen and oxygen atoms in total. The van der Waals surface area contributed by atoms with Gasteiger partial charge in [-0.2, -0.15) is 0 Å². The van der Waals surface area contributed by atoms with Crippen molar-refractivity contribution in [1.82, 2.24) is 15.0 Å². The molecule has 0 aliphatic rings. The van der Waals surface area contributed by atoms with Gasteiger partial charge in [0, 0.05) is 45.0 Å². The van der Waals surface area contributed by atoms with Crippen molar-refractivity contribution in [1.29, 1.82) is 0 Å². The smallest absolute Gasteiger partial charge is 0.140 e. The number of H-pyrrole nitrogens is 2. The first-order chi connectivity index (χ1) is 14.1. The molecule has 6 heteroatoms. The normalized spacial score (nSPS) is 12.0. The zero-order valence-electron chi connectivity index (χ0n) is 14.9. The topological polar surface area (TPSA) is 44.5 Å². The molecule has 0 aliphatic carbocycles. The number of halogens is 3. The van der Waals surface area contributed by atoms with E-state index >= 15 is 0 Å². The Morgan fingerprint density at radius 2 is 1.48 bits per heavy atom. The maximum absolute atomic E-state index is 5.07. The van der Waals surface area contributed by atoms with E-state index in [1.165, 1.54) is 28.7 Å². The minimum absolute atomic E-state index is 0.884. The Labute approximate surface area is 201 Å². The number of nitrogens with zero attached hydrogens (tertiary/aromatic N) is 1. The summed E-state index contributed by atoms with van der Waals surface area (Å²) in [6.07, 6.45) is 2.03. The highest BCUT2D eigenvalue weighted by atomic mass is 127. The van der Waals surface area contributed by atoms with Crippen LogP contribution in [-0.2, 0) is 0 Å². The van der Waals surface area contributed by atoms with Crippen LogP contribution in [0.1, 0.15) is 0 Å². The molecule has 6 aromatic rings. The molecule has 0 fully saturated rings. The Balaban J connectivity index is 1.76. The lowest BCUT2D eigenvalue weighted by molar-refractivity contribution is 1.34. The molecular weight excluding hydrogens is 652 g/mol. The highest BCUT2D eigenvalue weighted by Crippen LogP contribution is 2.38. The fourth-order valence-corrected chi connectivity index (χ4v) is 5.43. The van der Waals surface area contributed by atoms with E-state index in [4.69, 9.17) is 4.98 Å². The van der Waals surface area contributed by atoms with Gasteiger partial charge in [-0.05, 0) is 98.4 Å². The van der Waals surface area contributed by atoms with E-state index < -0.39 is 0 Å². The van der Waals surface area contributed by atoms with Crippen LogP contribution in [0.5, 0.6) is 0 Å². The Kier molecular flexibility index (Phi) is 4.18. The van der Waals surface area contributed by atoms with E-state index in [1.807, 2.05) is 12.3 Å². The summed E-state index contributed by atoms with van der Waals surface area (Å²) in [7, 11) is 0. The average Bonchev–Trinajstić information content (AvgIpc) is 3.32. The zero-order valence-corrected chi connectivity index (χ0v) is 20.8. The molecule has 6 rings (SSSR count). The van der Waals surface area contributed by atoms with Crippen molar-refractivity contribution < 1.29 is 0 Å². The minimum Gasteiger partial charge on any atom is -0.360 e. The number of aromatic amines is 2. The van der Waals surface area contributed by atoms with Crippen molar-refractivity contribution in [2.24, 2.45) is 0 Å². The molecule has 140 valence electrons. The van der Waals surface area contributed by atoms with Crippen molar-refractivity contribution >= 4 is 105 Å². The maximum atomic E-state index is 5.07. The summed E-state index contributed by atoms with van der Waals surface area (Å²) in [6.45, 7) is 0. The number of benzene rings is 4. The number of imidazole rings is 1. The van der Waals surface area contributed by atoms with Gasteiger partial charge in [0.1, 0.15) is 5.82 Å². The number of nitrogens with one attached hydrogen (secondary N) is 2. The third-order valence-corrected chi connectivity index (χ3v) is 7.22. The van der Waals surface area contributed by atoms with E-state index in [0.29, 0.717) is 0 Å². The molecule has 0 atom stereocenters. The average molecular weight is 664 g/mol. The van der Waals surface area contributed by atoms with Gasteiger partial charge in [-0.3, -0.25) is 0 Å². The maximum Gasteiger partial charge on any atom is 0.140 e. The predicted octanol–water partition coefficient (Wildman–Crippen LogP) is 7.99. The van der Waals surface area contributed by atoms with E-state index in [1.54, 1.807) is 0 Å². The molecule has 2 heterocycles. The minimum atomic E-state index is 0.884. The highest BCUT2D eigenvalue weighted by Gasteiger charge is 2.16. The van der Waals surface area contributed by atoms with Crippen LogP contribution in [0, 0.1) is 7.14 Å². The fraction of sp³-hybridized carbons (Fsp3) is 0. The Morgan fingerprint density at radius 1 is 0.759 bits per heavy atom. The molecular formula is C23H12BrI2N3. The van der Waals surface area contributed by atoms with Crippen molar-refractivity contribution in [2.45, 2.75) is 0 Å². The van der Waals surface area contributed by atoms with Crippen LogP contribution in [-0.4, -0.2) is 15.0 Å². The molecule has 0 saturated heterocycles. The standard InChI is InChI=1S/C23H12BrI2N3/c24-11-1-6-20-18(7-11)19(10-27-20)23-28-21-14-4-2-12(25)8-16(14)17-9-13(26)3-5-15(17)22(21)29-23/h1-10,27H,(H,28,29). The molecule has 0 unspecified atom stereocenters. The van der Waals surface area contributed by atoms with Crippen LogP contribution in [0.25, 0.3) is 54.9 Å². The third kappa shape index (κ3) is 2.83. The van der Waals surface area contributed by atoms with Gasteiger partial charge >= 0.3 is 0 Å². The van der Waals surface area contributed by atoms with Crippen molar-refractivity contribution in [2.75, 3.05) is 0 Å². The molecule has 2 aromatic heterocycles. The lowest BCUT2D eigenvalue weighted by atomic mass is 10.0. The first-order valence-corrected chi connectivity index (χ1v) is 12.0. The summed E-state index contributed by atoms with van der Waals surface area (Å²) in [4.78, 5) is 12.1. The molecule has 0 radical (unpaired) electrons. The number of fused-ring (bicyclic) bond motifs is 7. The van der Waals surface area contributed by atoms with Gasteiger partial charge in [0.05, 0.1) is 11.0 Å². The molecule has 2 N–H and O–H groups in total. The first kappa shape index (κ1) is 18.1. The van der Waals surface area contributed by atoms with Crippen LogP contribution >= 0.6 is 61.1 Å². The van der Waals surface area contributed by atoms with Gasteiger partial charge in [-0.25, -0.2) is 4.98 Å². The van der Waals surface area contributed by atoms with Gasteiger partial charge in [0.15, 0.2) is 0 Å². The molecule has 0 spiro atoms. The summed E-state index contributed by atoms with van der Waals surface area (Å²) in [5.41, 5.74) is 4.28. The molecule has 0 saturated carbocycles. The largest absolute Gasteiger partial charge is 0.360 e. The van der Waals surface area contributed by atoms with Crippen LogP contribution in [0.15, 0.2) is 65.3 Å².